The van der Waals surface area contributed by atoms with Gasteiger partial charge in [0.2, 0.25) is 10.0 Å². The number of hydrogen-bond donors (Lipinski definition) is 2. The fourth-order valence-electron chi connectivity index (χ4n) is 3.01. The van der Waals surface area contributed by atoms with Crippen molar-refractivity contribution in [2.24, 2.45) is 0 Å². The molecule has 4 aromatic rings. The van der Waals surface area contributed by atoms with Crippen LogP contribution < -0.4 is 10.0 Å². The van der Waals surface area contributed by atoms with Crippen LogP contribution >= 0.6 is 11.3 Å². The van der Waals surface area contributed by atoms with Gasteiger partial charge in [-0.05, 0) is 42.5 Å². The summed E-state index contributed by atoms with van der Waals surface area (Å²) in [6, 6.07) is 21.3. The molecule has 1 heterocycles. The maximum atomic E-state index is 12.7. The summed E-state index contributed by atoms with van der Waals surface area (Å²) < 4.78 is 27.9. The Morgan fingerprint density at radius 2 is 1.80 bits per heavy atom. The van der Waals surface area contributed by atoms with Crippen LogP contribution in [0.25, 0.3) is 20.8 Å². The predicted octanol–water partition coefficient (Wildman–Crippen LogP) is 4.51. The fourth-order valence-corrected chi connectivity index (χ4v) is 5.06. The van der Waals surface area contributed by atoms with Crippen molar-refractivity contribution in [1.82, 2.24) is 9.71 Å². The Kier molecular flexibility index (Phi) is 5.63. The highest BCUT2D eigenvalue weighted by Crippen LogP contribution is 2.31. The largest absolute Gasteiger partial charge is 0.322 e. The minimum atomic E-state index is -3.63. The first-order chi connectivity index (χ1) is 14.5. The molecular weight excluding hydrogens is 418 g/mol. The summed E-state index contributed by atoms with van der Waals surface area (Å²) in [5.74, 6) is -0.384. The Balaban J connectivity index is 1.58. The molecule has 0 radical (unpaired) electrons. The number of sulfonamides is 1. The van der Waals surface area contributed by atoms with E-state index in [4.69, 9.17) is 0 Å². The average Bonchev–Trinajstić information content (AvgIpc) is 3.18. The van der Waals surface area contributed by atoms with Crippen LogP contribution in [0.15, 0.2) is 77.7 Å². The number of aromatic nitrogens is 1. The molecule has 0 unspecified atom stereocenters. The van der Waals surface area contributed by atoms with Gasteiger partial charge in [-0.1, -0.05) is 37.3 Å². The number of carbonyl (C=O) groups excluding carboxylic acids is 1. The number of nitrogens with zero attached hydrogens (tertiary/aromatic N) is 1. The molecule has 0 bridgehead atoms. The Hall–Kier alpha value is -3.07. The second-order valence-corrected chi connectivity index (χ2v) is 9.35. The van der Waals surface area contributed by atoms with E-state index in [1.807, 2.05) is 42.5 Å². The summed E-state index contributed by atoms with van der Waals surface area (Å²) in [5.41, 5.74) is 2.71. The average molecular weight is 438 g/mol. The number of fused-ring (bicyclic) bond motifs is 1. The summed E-state index contributed by atoms with van der Waals surface area (Å²) in [6.45, 7) is 1.98. The number of hydrogen-bond acceptors (Lipinski definition) is 5. The number of carbonyl (C=O) groups is 1. The van der Waals surface area contributed by atoms with Crippen LogP contribution in [-0.2, 0) is 10.0 Å². The number of amides is 1. The van der Waals surface area contributed by atoms with Crippen LogP contribution in [0.1, 0.15) is 17.3 Å². The van der Waals surface area contributed by atoms with Crippen LogP contribution in [-0.4, -0.2) is 25.9 Å². The molecule has 6 nitrogen and oxygen atoms in total. The SMILES string of the molecule is CCNS(=O)(=O)c1cccc(C(=O)Nc2cccc(-c3nc4ccccc4s3)c2)c1. The number of anilines is 1. The summed E-state index contributed by atoms with van der Waals surface area (Å²) in [6.07, 6.45) is 0. The van der Waals surface area contributed by atoms with E-state index in [9.17, 15) is 13.2 Å². The highest BCUT2D eigenvalue weighted by molar-refractivity contribution is 7.89. The first kappa shape index (κ1) is 20.2. The molecular formula is C22H19N3O3S2. The van der Waals surface area contributed by atoms with Crippen LogP contribution in [0.2, 0.25) is 0 Å². The zero-order valence-electron chi connectivity index (χ0n) is 16.1. The Labute approximate surface area is 178 Å². The van der Waals surface area contributed by atoms with Gasteiger partial charge in [0.15, 0.2) is 0 Å². The highest BCUT2D eigenvalue weighted by Gasteiger charge is 2.15. The molecule has 3 aromatic carbocycles. The van der Waals surface area contributed by atoms with Gasteiger partial charge in [-0.25, -0.2) is 18.1 Å². The Morgan fingerprint density at radius 3 is 2.60 bits per heavy atom. The zero-order chi connectivity index (χ0) is 21.1. The van der Waals surface area contributed by atoms with Gasteiger partial charge < -0.3 is 5.32 Å². The van der Waals surface area contributed by atoms with Crippen LogP contribution in [0.4, 0.5) is 5.69 Å². The third-order valence-electron chi connectivity index (χ3n) is 4.40. The maximum Gasteiger partial charge on any atom is 0.255 e. The lowest BCUT2D eigenvalue weighted by Gasteiger charge is -2.09. The van der Waals surface area contributed by atoms with Gasteiger partial charge in [-0.15, -0.1) is 11.3 Å². The molecule has 0 aliphatic rings. The number of nitrogens with one attached hydrogen (secondary N) is 2. The number of thiazole rings is 1. The summed E-state index contributed by atoms with van der Waals surface area (Å²) in [5, 5.41) is 3.70. The molecule has 0 spiro atoms. The lowest BCUT2D eigenvalue weighted by molar-refractivity contribution is 0.102. The van der Waals surface area contributed by atoms with Gasteiger partial charge >= 0.3 is 0 Å². The lowest BCUT2D eigenvalue weighted by Crippen LogP contribution is -2.23. The molecule has 1 amide bonds. The van der Waals surface area contributed by atoms with E-state index in [0.717, 1.165) is 20.8 Å². The van der Waals surface area contributed by atoms with Crippen molar-refractivity contribution in [3.05, 3.63) is 78.4 Å². The van der Waals surface area contributed by atoms with Gasteiger partial charge in [-0.3, -0.25) is 4.79 Å². The van der Waals surface area contributed by atoms with E-state index in [2.05, 4.69) is 15.0 Å². The molecule has 30 heavy (non-hydrogen) atoms. The van der Waals surface area contributed by atoms with Gasteiger partial charge in [0.05, 0.1) is 15.1 Å². The Bertz CT molecular complexity index is 1300. The number of para-hydroxylation sites is 1. The number of benzene rings is 3. The summed E-state index contributed by atoms with van der Waals surface area (Å²) >= 11 is 1.59. The minimum absolute atomic E-state index is 0.0558. The molecule has 8 heteroatoms. The summed E-state index contributed by atoms with van der Waals surface area (Å²) in [7, 11) is -3.63. The molecule has 2 N–H and O–H groups in total. The second-order valence-electron chi connectivity index (χ2n) is 6.55. The second kappa shape index (κ2) is 8.35. The normalized spacial score (nSPS) is 11.5. The van der Waals surface area contributed by atoms with Crippen molar-refractivity contribution in [1.29, 1.82) is 0 Å². The molecule has 0 saturated carbocycles. The number of rotatable bonds is 6. The van der Waals surface area contributed by atoms with Crippen molar-refractivity contribution >= 4 is 43.2 Å². The van der Waals surface area contributed by atoms with E-state index in [0.29, 0.717) is 5.69 Å². The smallest absolute Gasteiger partial charge is 0.255 e. The lowest BCUT2D eigenvalue weighted by atomic mass is 10.2. The molecule has 152 valence electrons. The third-order valence-corrected chi connectivity index (χ3v) is 7.03. The van der Waals surface area contributed by atoms with Crippen molar-refractivity contribution < 1.29 is 13.2 Å². The first-order valence-electron chi connectivity index (χ1n) is 9.33. The quantitative estimate of drug-likeness (QED) is 0.464. The van der Waals surface area contributed by atoms with E-state index in [1.54, 1.807) is 36.5 Å². The van der Waals surface area contributed by atoms with Crippen LogP contribution in [0.3, 0.4) is 0 Å². The van der Waals surface area contributed by atoms with Crippen LogP contribution in [0, 0.1) is 0 Å². The van der Waals surface area contributed by atoms with Gasteiger partial charge in [-0.2, -0.15) is 0 Å². The van der Waals surface area contributed by atoms with Crippen molar-refractivity contribution in [3.63, 3.8) is 0 Å². The molecule has 0 aliphatic carbocycles. The molecule has 1 aromatic heterocycles. The van der Waals surface area contributed by atoms with Gasteiger partial charge in [0.1, 0.15) is 5.01 Å². The molecule has 0 saturated heterocycles. The Morgan fingerprint density at radius 1 is 1.00 bits per heavy atom. The van der Waals surface area contributed by atoms with Crippen molar-refractivity contribution in [3.8, 4) is 10.6 Å². The highest BCUT2D eigenvalue weighted by atomic mass is 32.2. The standard InChI is InChI=1S/C22H19N3O3S2/c1-2-23-30(27,28)18-10-6-7-15(14-18)21(26)24-17-9-5-8-16(13-17)22-25-19-11-3-4-12-20(19)29-22/h3-14,23H,2H2,1H3,(H,24,26). The predicted molar refractivity (Wildman–Crippen MR) is 120 cm³/mol. The van der Waals surface area contributed by atoms with E-state index >= 15 is 0 Å². The van der Waals surface area contributed by atoms with Crippen molar-refractivity contribution in [2.45, 2.75) is 11.8 Å². The third kappa shape index (κ3) is 4.25. The van der Waals surface area contributed by atoms with Gasteiger partial charge in [0.25, 0.3) is 5.91 Å². The van der Waals surface area contributed by atoms with Crippen LogP contribution in [0.5, 0.6) is 0 Å². The zero-order valence-corrected chi connectivity index (χ0v) is 17.8. The van der Waals surface area contributed by atoms with E-state index in [1.165, 1.54) is 12.1 Å². The van der Waals surface area contributed by atoms with Gasteiger partial charge in [0, 0.05) is 23.4 Å². The molecule has 0 fully saturated rings. The molecule has 0 aliphatic heterocycles. The first-order valence-corrected chi connectivity index (χ1v) is 11.6. The maximum absolute atomic E-state index is 12.7. The summed E-state index contributed by atoms with van der Waals surface area (Å²) in [4.78, 5) is 17.4. The molecule has 0 atom stereocenters. The fraction of sp³-hybridized carbons (Fsp3) is 0.0909. The monoisotopic (exact) mass is 437 g/mol. The van der Waals surface area contributed by atoms with Crippen molar-refractivity contribution in [2.75, 3.05) is 11.9 Å². The topological polar surface area (TPSA) is 88.2 Å². The van der Waals surface area contributed by atoms with E-state index in [-0.39, 0.29) is 22.9 Å². The minimum Gasteiger partial charge on any atom is -0.322 e. The molecule has 4 rings (SSSR count). The van der Waals surface area contributed by atoms with E-state index < -0.39 is 10.0 Å².